The Morgan fingerprint density at radius 2 is 2.12 bits per heavy atom. The number of fused-ring (bicyclic) bond motifs is 1. The average Bonchev–Trinajstić information content (AvgIpc) is 3.38. The van der Waals surface area contributed by atoms with Crippen molar-refractivity contribution in [2.24, 2.45) is 11.3 Å². The van der Waals surface area contributed by atoms with E-state index in [1.54, 1.807) is 0 Å². The Labute approximate surface area is 144 Å². The van der Waals surface area contributed by atoms with Gasteiger partial charge in [0.2, 0.25) is 0 Å². The second-order valence-electron chi connectivity index (χ2n) is 7.73. The number of aliphatic hydroxyl groups is 1. The van der Waals surface area contributed by atoms with E-state index < -0.39 is 0 Å². The zero-order valence-corrected chi connectivity index (χ0v) is 14.4. The molecular formula is C20H29NO3. The SMILES string of the molecule is OCC12CC1CCN(Cc1ccccc1)C2COC1CCCOC1. The van der Waals surface area contributed by atoms with Crippen molar-refractivity contribution >= 4 is 0 Å². The molecule has 1 aromatic rings. The van der Waals surface area contributed by atoms with Crippen LogP contribution in [0.2, 0.25) is 0 Å². The van der Waals surface area contributed by atoms with Gasteiger partial charge >= 0.3 is 0 Å². The lowest BCUT2D eigenvalue weighted by atomic mass is 9.88. The van der Waals surface area contributed by atoms with Gasteiger partial charge in [0.05, 0.1) is 25.9 Å². The van der Waals surface area contributed by atoms with Gasteiger partial charge in [0.1, 0.15) is 0 Å². The standard InChI is InChI=1S/C20H29NO3/c22-15-20-11-17(20)8-9-21(12-16-5-2-1-3-6-16)19(20)14-24-18-7-4-10-23-13-18/h1-3,5-6,17-19,22H,4,7-15H2. The highest BCUT2D eigenvalue weighted by Gasteiger charge is 2.62. The number of benzene rings is 1. The molecular weight excluding hydrogens is 302 g/mol. The lowest BCUT2D eigenvalue weighted by Gasteiger charge is -2.41. The van der Waals surface area contributed by atoms with Crippen LogP contribution in [-0.4, -0.2) is 55.1 Å². The van der Waals surface area contributed by atoms with Crippen molar-refractivity contribution in [2.75, 3.05) is 33.0 Å². The van der Waals surface area contributed by atoms with Crippen molar-refractivity contribution < 1.29 is 14.6 Å². The first-order valence-corrected chi connectivity index (χ1v) is 9.40. The van der Waals surface area contributed by atoms with E-state index >= 15 is 0 Å². The monoisotopic (exact) mass is 331 g/mol. The van der Waals surface area contributed by atoms with Crippen molar-refractivity contribution in [1.82, 2.24) is 4.90 Å². The summed E-state index contributed by atoms with van der Waals surface area (Å²) in [5.41, 5.74) is 1.42. The molecule has 1 aromatic carbocycles. The number of likely N-dealkylation sites (tertiary alicyclic amines) is 1. The maximum Gasteiger partial charge on any atom is 0.0810 e. The third kappa shape index (κ3) is 3.25. The summed E-state index contributed by atoms with van der Waals surface area (Å²) < 4.78 is 11.8. The summed E-state index contributed by atoms with van der Waals surface area (Å²) in [6, 6.07) is 11.0. The Morgan fingerprint density at radius 3 is 2.88 bits per heavy atom. The molecule has 0 bridgehead atoms. The van der Waals surface area contributed by atoms with Crippen LogP contribution in [0, 0.1) is 11.3 Å². The molecule has 3 aliphatic rings. The van der Waals surface area contributed by atoms with Gasteiger partial charge in [-0.25, -0.2) is 0 Å². The summed E-state index contributed by atoms with van der Waals surface area (Å²) in [6.07, 6.45) is 4.78. The lowest BCUT2D eigenvalue weighted by molar-refractivity contribution is -0.0875. The minimum Gasteiger partial charge on any atom is -0.396 e. The Kier molecular flexibility index (Phi) is 4.90. The third-order valence-corrected chi connectivity index (χ3v) is 6.28. The summed E-state index contributed by atoms with van der Waals surface area (Å²) >= 11 is 0. The van der Waals surface area contributed by atoms with Crippen LogP contribution in [0.4, 0.5) is 0 Å². The molecule has 0 amide bonds. The van der Waals surface area contributed by atoms with Crippen LogP contribution in [0.1, 0.15) is 31.2 Å². The number of nitrogens with zero attached hydrogens (tertiary/aromatic N) is 1. The van der Waals surface area contributed by atoms with E-state index in [9.17, 15) is 5.11 Å². The zero-order valence-electron chi connectivity index (χ0n) is 14.4. The topological polar surface area (TPSA) is 41.9 Å². The van der Waals surface area contributed by atoms with Crippen LogP contribution in [0.3, 0.4) is 0 Å². The molecule has 4 rings (SSSR count). The molecule has 1 N–H and O–H groups in total. The maximum atomic E-state index is 10.1. The molecule has 0 aromatic heterocycles. The van der Waals surface area contributed by atoms with Crippen LogP contribution >= 0.6 is 0 Å². The molecule has 2 aliphatic heterocycles. The predicted octanol–water partition coefficient (Wildman–Crippen LogP) is 2.46. The van der Waals surface area contributed by atoms with Crippen molar-refractivity contribution in [1.29, 1.82) is 0 Å². The first-order valence-electron chi connectivity index (χ1n) is 9.40. The van der Waals surface area contributed by atoms with Crippen molar-refractivity contribution in [2.45, 2.75) is 44.4 Å². The van der Waals surface area contributed by atoms with Gasteiger partial charge in [0.15, 0.2) is 0 Å². The fraction of sp³-hybridized carbons (Fsp3) is 0.700. The molecule has 0 radical (unpaired) electrons. The smallest absolute Gasteiger partial charge is 0.0810 e. The highest BCUT2D eigenvalue weighted by Crippen LogP contribution is 2.60. The lowest BCUT2D eigenvalue weighted by Crippen LogP contribution is -2.51. The van der Waals surface area contributed by atoms with Gasteiger partial charge in [-0.05, 0) is 43.7 Å². The molecule has 132 valence electrons. The van der Waals surface area contributed by atoms with E-state index in [4.69, 9.17) is 9.47 Å². The number of hydrogen-bond donors (Lipinski definition) is 1. The molecule has 2 heterocycles. The Bertz CT molecular complexity index is 531. The number of rotatable bonds is 6. The fourth-order valence-corrected chi connectivity index (χ4v) is 4.69. The van der Waals surface area contributed by atoms with E-state index in [-0.39, 0.29) is 18.1 Å². The van der Waals surface area contributed by atoms with Crippen LogP contribution in [0.15, 0.2) is 30.3 Å². The molecule has 0 spiro atoms. The second-order valence-corrected chi connectivity index (χ2v) is 7.73. The first kappa shape index (κ1) is 16.5. The van der Waals surface area contributed by atoms with Crippen LogP contribution in [0.5, 0.6) is 0 Å². The quantitative estimate of drug-likeness (QED) is 0.869. The Balaban J connectivity index is 1.44. The van der Waals surface area contributed by atoms with E-state index in [0.29, 0.717) is 12.0 Å². The van der Waals surface area contributed by atoms with Crippen molar-refractivity contribution in [3.8, 4) is 0 Å². The van der Waals surface area contributed by atoms with E-state index in [0.717, 1.165) is 52.2 Å². The highest BCUT2D eigenvalue weighted by molar-refractivity contribution is 5.17. The minimum absolute atomic E-state index is 0.0720. The predicted molar refractivity (Wildman–Crippen MR) is 92.7 cm³/mol. The Morgan fingerprint density at radius 1 is 1.25 bits per heavy atom. The van der Waals surface area contributed by atoms with E-state index in [1.807, 2.05) is 0 Å². The highest BCUT2D eigenvalue weighted by atomic mass is 16.5. The normalized spacial score (nSPS) is 36.3. The molecule has 4 unspecified atom stereocenters. The summed E-state index contributed by atoms with van der Waals surface area (Å²) in [7, 11) is 0. The molecule has 4 nitrogen and oxygen atoms in total. The van der Waals surface area contributed by atoms with Crippen molar-refractivity contribution in [3.05, 3.63) is 35.9 Å². The van der Waals surface area contributed by atoms with Crippen LogP contribution in [0.25, 0.3) is 0 Å². The van der Waals surface area contributed by atoms with Gasteiger partial charge in [0.25, 0.3) is 0 Å². The summed E-state index contributed by atoms with van der Waals surface area (Å²) in [4.78, 5) is 2.54. The van der Waals surface area contributed by atoms with E-state index in [1.165, 1.54) is 12.0 Å². The fourth-order valence-electron chi connectivity index (χ4n) is 4.69. The van der Waals surface area contributed by atoms with Crippen molar-refractivity contribution in [3.63, 3.8) is 0 Å². The molecule has 24 heavy (non-hydrogen) atoms. The summed E-state index contributed by atoms with van der Waals surface area (Å²) in [5.74, 6) is 0.686. The molecule has 2 saturated heterocycles. The molecule has 4 atom stereocenters. The number of ether oxygens (including phenoxy) is 2. The average molecular weight is 331 g/mol. The van der Waals surface area contributed by atoms with Crippen LogP contribution in [-0.2, 0) is 16.0 Å². The summed E-state index contributed by atoms with van der Waals surface area (Å²) in [6.45, 7) is 4.66. The van der Waals surface area contributed by atoms with Gasteiger partial charge in [0, 0.05) is 24.6 Å². The van der Waals surface area contributed by atoms with Gasteiger partial charge < -0.3 is 14.6 Å². The van der Waals surface area contributed by atoms with Gasteiger partial charge in [-0.2, -0.15) is 0 Å². The van der Waals surface area contributed by atoms with Crippen LogP contribution < -0.4 is 0 Å². The third-order valence-electron chi connectivity index (χ3n) is 6.28. The second kappa shape index (κ2) is 7.12. The Hall–Kier alpha value is -0.940. The first-order chi connectivity index (χ1) is 11.8. The van der Waals surface area contributed by atoms with Gasteiger partial charge in [-0.15, -0.1) is 0 Å². The van der Waals surface area contributed by atoms with Gasteiger partial charge in [-0.3, -0.25) is 4.90 Å². The zero-order chi connectivity index (χ0) is 16.4. The number of aliphatic hydroxyl groups excluding tert-OH is 1. The molecule has 4 heteroatoms. The summed E-state index contributed by atoms with van der Waals surface area (Å²) in [5, 5.41) is 10.1. The van der Waals surface area contributed by atoms with E-state index in [2.05, 4.69) is 35.2 Å². The number of piperidine rings is 1. The largest absolute Gasteiger partial charge is 0.396 e. The number of hydrogen-bond acceptors (Lipinski definition) is 4. The molecule has 1 aliphatic carbocycles. The minimum atomic E-state index is 0.0720. The maximum absolute atomic E-state index is 10.1. The molecule has 3 fully saturated rings. The molecule has 1 saturated carbocycles. The van der Waals surface area contributed by atoms with Gasteiger partial charge in [-0.1, -0.05) is 30.3 Å².